The fourth-order valence-corrected chi connectivity index (χ4v) is 3.04. The van der Waals surface area contributed by atoms with Crippen molar-refractivity contribution in [3.05, 3.63) is 71.0 Å². The number of ether oxygens (including phenoxy) is 1. The Kier molecular flexibility index (Phi) is 4.25. The maximum absolute atomic E-state index is 13.4. The number of hydrogen-bond donors (Lipinski definition) is 1. The predicted octanol–water partition coefficient (Wildman–Crippen LogP) is 2.40. The number of cyclic esters (lactones) is 1. The van der Waals surface area contributed by atoms with E-state index in [4.69, 9.17) is 4.74 Å². The van der Waals surface area contributed by atoms with Gasteiger partial charge in [0.25, 0.3) is 0 Å². The van der Waals surface area contributed by atoms with E-state index >= 15 is 0 Å². The van der Waals surface area contributed by atoms with Crippen molar-refractivity contribution in [1.29, 1.82) is 0 Å². The summed E-state index contributed by atoms with van der Waals surface area (Å²) in [4.78, 5) is 12.0. The summed E-state index contributed by atoms with van der Waals surface area (Å²) in [5.74, 6) is -0.943. The second kappa shape index (κ2) is 6.34. The molecule has 23 heavy (non-hydrogen) atoms. The molecule has 1 heterocycles. The zero-order valence-electron chi connectivity index (χ0n) is 12.0. The summed E-state index contributed by atoms with van der Waals surface area (Å²) in [6, 6.07) is 12.7. The van der Waals surface area contributed by atoms with Gasteiger partial charge < -0.3 is 4.74 Å². The molecule has 0 fully saturated rings. The number of hydrogen-bond acceptors (Lipinski definition) is 4. The summed E-state index contributed by atoms with van der Waals surface area (Å²) >= 11 is 0. The highest BCUT2D eigenvalue weighted by Crippen LogP contribution is 2.33. The van der Waals surface area contributed by atoms with Crippen LogP contribution in [0.2, 0.25) is 0 Å². The quantitative estimate of drug-likeness (QED) is 0.690. The van der Waals surface area contributed by atoms with Crippen LogP contribution in [-0.2, 0) is 26.0 Å². The molecule has 0 amide bonds. The summed E-state index contributed by atoms with van der Waals surface area (Å²) < 4.78 is 40.0. The summed E-state index contributed by atoms with van der Waals surface area (Å²) in [6.07, 6.45) is 0. The molecule has 1 aliphatic rings. The fraction of sp³-hybridized carbons (Fsp3) is 0.118. The van der Waals surface area contributed by atoms with Gasteiger partial charge in [0.2, 0.25) is 0 Å². The number of rotatable bonds is 4. The van der Waals surface area contributed by atoms with Crippen LogP contribution < -0.4 is 0 Å². The molecular formula is C17H13FO4S. The standard InChI is InChI=1S/C17H13FO4S/c18-14-3-1-2-13(8-14)16-15(9-22-17(16)19)12-6-4-11(5-7-12)10-23(20)21/h1-8,23H,9-10H2. The molecule has 0 spiro atoms. The third-order valence-corrected chi connectivity index (χ3v) is 4.20. The number of carbonyl (C=O) groups excluding carboxylic acids is 1. The maximum Gasteiger partial charge on any atom is 0.339 e. The Morgan fingerprint density at radius 2 is 1.78 bits per heavy atom. The molecular weight excluding hydrogens is 319 g/mol. The van der Waals surface area contributed by atoms with E-state index in [0.29, 0.717) is 22.3 Å². The van der Waals surface area contributed by atoms with Gasteiger partial charge in [-0.25, -0.2) is 17.6 Å². The average molecular weight is 332 g/mol. The highest BCUT2D eigenvalue weighted by molar-refractivity contribution is 7.71. The first kappa shape index (κ1) is 15.4. The van der Waals surface area contributed by atoms with E-state index in [9.17, 15) is 17.6 Å². The second-order valence-electron chi connectivity index (χ2n) is 5.13. The molecule has 2 aromatic rings. The van der Waals surface area contributed by atoms with Gasteiger partial charge in [0.1, 0.15) is 23.1 Å². The Hall–Kier alpha value is -2.47. The van der Waals surface area contributed by atoms with Crippen molar-refractivity contribution < 1.29 is 22.3 Å². The van der Waals surface area contributed by atoms with Crippen molar-refractivity contribution in [3.8, 4) is 0 Å². The molecule has 0 saturated heterocycles. The summed E-state index contributed by atoms with van der Waals surface area (Å²) in [5, 5.41) is 0. The summed E-state index contributed by atoms with van der Waals surface area (Å²) in [6.45, 7) is 0.111. The van der Waals surface area contributed by atoms with E-state index in [2.05, 4.69) is 0 Å². The zero-order valence-corrected chi connectivity index (χ0v) is 12.9. The van der Waals surface area contributed by atoms with Gasteiger partial charge in [0.15, 0.2) is 0 Å². The van der Waals surface area contributed by atoms with Crippen LogP contribution >= 0.6 is 0 Å². The van der Waals surface area contributed by atoms with Gasteiger partial charge in [0, 0.05) is 5.57 Å². The van der Waals surface area contributed by atoms with Gasteiger partial charge in [0.05, 0.1) is 11.3 Å². The van der Waals surface area contributed by atoms with Gasteiger partial charge >= 0.3 is 5.97 Å². The Morgan fingerprint density at radius 1 is 1.04 bits per heavy atom. The van der Waals surface area contributed by atoms with Crippen LogP contribution in [0.15, 0.2) is 48.5 Å². The molecule has 1 aliphatic heterocycles. The molecule has 0 radical (unpaired) electrons. The molecule has 0 saturated carbocycles. The van der Waals surface area contributed by atoms with Crippen LogP contribution in [-0.4, -0.2) is 21.0 Å². The van der Waals surface area contributed by atoms with Crippen molar-refractivity contribution in [3.63, 3.8) is 0 Å². The van der Waals surface area contributed by atoms with Crippen LogP contribution in [0.3, 0.4) is 0 Å². The van der Waals surface area contributed by atoms with Crippen LogP contribution in [0.4, 0.5) is 4.39 Å². The van der Waals surface area contributed by atoms with Gasteiger partial charge in [-0.2, -0.15) is 0 Å². The summed E-state index contributed by atoms with van der Waals surface area (Å²) in [7, 11) is -2.48. The largest absolute Gasteiger partial charge is 0.457 e. The Morgan fingerprint density at radius 3 is 2.43 bits per heavy atom. The lowest BCUT2D eigenvalue weighted by Crippen LogP contribution is -1.98. The van der Waals surface area contributed by atoms with Gasteiger partial charge in [-0.15, -0.1) is 0 Å². The van der Waals surface area contributed by atoms with E-state index in [1.165, 1.54) is 18.2 Å². The molecule has 0 atom stereocenters. The van der Waals surface area contributed by atoms with Crippen LogP contribution in [0.1, 0.15) is 16.7 Å². The maximum atomic E-state index is 13.4. The average Bonchev–Trinajstić information content (AvgIpc) is 2.89. The van der Waals surface area contributed by atoms with Crippen molar-refractivity contribution in [2.24, 2.45) is 0 Å². The molecule has 0 bridgehead atoms. The Bertz CT molecular complexity index is 858. The number of thiol groups is 1. The molecule has 0 unspecified atom stereocenters. The lowest BCUT2D eigenvalue weighted by Gasteiger charge is -2.05. The highest BCUT2D eigenvalue weighted by Gasteiger charge is 2.27. The number of benzene rings is 2. The van der Waals surface area contributed by atoms with Crippen LogP contribution in [0.25, 0.3) is 11.1 Å². The lowest BCUT2D eigenvalue weighted by atomic mass is 9.96. The highest BCUT2D eigenvalue weighted by atomic mass is 32.2. The molecule has 4 nitrogen and oxygen atoms in total. The first-order valence-electron chi connectivity index (χ1n) is 6.92. The molecule has 3 rings (SSSR count). The summed E-state index contributed by atoms with van der Waals surface area (Å²) in [5.41, 5.74) is 2.89. The molecule has 0 N–H and O–H groups in total. The number of carbonyl (C=O) groups is 1. The van der Waals surface area contributed by atoms with Crippen molar-refractivity contribution in [2.75, 3.05) is 6.61 Å². The zero-order chi connectivity index (χ0) is 16.4. The topological polar surface area (TPSA) is 60.4 Å². The first-order valence-corrected chi connectivity index (χ1v) is 8.28. The minimum Gasteiger partial charge on any atom is -0.457 e. The van der Waals surface area contributed by atoms with Crippen molar-refractivity contribution >= 4 is 27.8 Å². The minimum atomic E-state index is -2.48. The molecule has 0 aliphatic carbocycles. The smallest absolute Gasteiger partial charge is 0.339 e. The van der Waals surface area contributed by atoms with E-state index in [-0.39, 0.29) is 12.4 Å². The third kappa shape index (κ3) is 3.32. The molecule has 6 heteroatoms. The van der Waals surface area contributed by atoms with Crippen molar-refractivity contribution in [1.82, 2.24) is 0 Å². The SMILES string of the molecule is O=C1OCC(c2ccc(C[SH](=O)=O)cc2)=C1c1cccc(F)c1. The molecule has 2 aromatic carbocycles. The molecule has 118 valence electrons. The fourth-order valence-electron chi connectivity index (χ4n) is 2.53. The third-order valence-electron chi connectivity index (χ3n) is 3.58. The van der Waals surface area contributed by atoms with Gasteiger partial charge in [-0.1, -0.05) is 36.4 Å². The number of esters is 1. The van der Waals surface area contributed by atoms with Crippen LogP contribution in [0, 0.1) is 5.82 Å². The lowest BCUT2D eigenvalue weighted by molar-refractivity contribution is -0.133. The van der Waals surface area contributed by atoms with Gasteiger partial charge in [-0.3, -0.25) is 0 Å². The molecule has 0 aromatic heterocycles. The van der Waals surface area contributed by atoms with E-state index in [1.54, 1.807) is 30.3 Å². The van der Waals surface area contributed by atoms with E-state index < -0.39 is 22.5 Å². The van der Waals surface area contributed by atoms with Gasteiger partial charge in [-0.05, 0) is 28.8 Å². The van der Waals surface area contributed by atoms with E-state index in [0.717, 1.165) is 5.56 Å². The Labute approximate surface area is 134 Å². The second-order valence-corrected chi connectivity index (χ2v) is 6.11. The Balaban J connectivity index is 2.03. The predicted molar refractivity (Wildman–Crippen MR) is 84.6 cm³/mol. The minimum absolute atomic E-state index is 0.0269. The van der Waals surface area contributed by atoms with Crippen molar-refractivity contribution in [2.45, 2.75) is 5.75 Å². The van der Waals surface area contributed by atoms with E-state index in [1.807, 2.05) is 0 Å². The van der Waals surface area contributed by atoms with Crippen LogP contribution in [0.5, 0.6) is 0 Å². The number of halogens is 1. The monoisotopic (exact) mass is 332 g/mol. The first-order chi connectivity index (χ1) is 11.0. The normalized spacial score (nSPS) is 14.4.